The number of aromatic hydroxyl groups is 1. The lowest BCUT2D eigenvalue weighted by molar-refractivity contribution is 0.401. The van der Waals surface area contributed by atoms with E-state index in [1.807, 2.05) is 0 Å². The van der Waals surface area contributed by atoms with Gasteiger partial charge in [-0.1, -0.05) is 38.8 Å². The smallest absolute Gasteiger partial charge is 0.121 e. The molecule has 0 saturated heterocycles. The number of benzene rings is 1. The predicted octanol–water partition coefficient (Wildman–Crippen LogP) is 3.36. The highest BCUT2D eigenvalue weighted by Crippen LogP contribution is 2.27. The number of rotatable bonds is 6. The van der Waals surface area contributed by atoms with Gasteiger partial charge in [-0.25, -0.2) is 0 Å². The summed E-state index contributed by atoms with van der Waals surface area (Å²) in [6, 6.07) is 4.30. The van der Waals surface area contributed by atoms with E-state index in [1.165, 1.54) is 5.56 Å². The van der Waals surface area contributed by atoms with Crippen LogP contribution in [0.3, 0.4) is 0 Å². The Balaban J connectivity index is 3.06. The van der Waals surface area contributed by atoms with Crippen molar-refractivity contribution in [3.05, 3.63) is 28.8 Å². The Kier molecular flexibility index (Phi) is 5.49. The van der Waals surface area contributed by atoms with E-state index in [9.17, 15) is 5.11 Å². The molecule has 0 saturated carbocycles. The van der Waals surface area contributed by atoms with E-state index < -0.39 is 0 Å². The van der Waals surface area contributed by atoms with Gasteiger partial charge in [-0.05, 0) is 43.6 Å². The summed E-state index contributed by atoms with van der Waals surface area (Å²) in [5.74, 6) is 0.524. The number of phenols is 1. The molecule has 0 unspecified atom stereocenters. The molecule has 0 heterocycles. The number of hydrogen-bond donors (Lipinski definition) is 1. The third kappa shape index (κ3) is 4.04. The molecule has 1 rings (SSSR count). The van der Waals surface area contributed by atoms with E-state index in [0.29, 0.717) is 5.75 Å². The molecule has 1 N–H and O–H groups in total. The van der Waals surface area contributed by atoms with E-state index in [0.717, 1.165) is 43.4 Å². The van der Waals surface area contributed by atoms with Crippen LogP contribution < -0.4 is 0 Å². The summed E-state index contributed by atoms with van der Waals surface area (Å²) >= 11 is 0. The molecule has 0 aromatic heterocycles. The maximum atomic E-state index is 10.2. The Morgan fingerprint density at radius 1 is 1.00 bits per heavy atom. The first-order valence-corrected chi connectivity index (χ1v) is 6.56. The minimum absolute atomic E-state index is 0.524. The van der Waals surface area contributed by atoms with Crippen LogP contribution in [0.5, 0.6) is 5.75 Å². The molecular formula is C15H25NO. The minimum Gasteiger partial charge on any atom is -0.507 e. The molecule has 0 fully saturated rings. The summed E-state index contributed by atoms with van der Waals surface area (Å²) < 4.78 is 0. The van der Waals surface area contributed by atoms with Crippen molar-refractivity contribution >= 4 is 0 Å². The van der Waals surface area contributed by atoms with E-state index in [-0.39, 0.29) is 0 Å². The summed E-state index contributed by atoms with van der Waals surface area (Å²) in [5.41, 5.74) is 3.52. The fourth-order valence-electron chi connectivity index (χ4n) is 2.21. The molecule has 0 aliphatic heterocycles. The quantitative estimate of drug-likeness (QED) is 0.817. The van der Waals surface area contributed by atoms with Gasteiger partial charge in [0.25, 0.3) is 0 Å². The lowest BCUT2D eigenvalue weighted by Crippen LogP contribution is -2.11. The third-order valence-corrected chi connectivity index (χ3v) is 2.87. The standard InChI is InChI=1S/C15H25NO/c1-5-7-13-9-12(11-16(3)4)10-14(8-6-2)15(13)17/h9-10,17H,5-8,11H2,1-4H3. The van der Waals surface area contributed by atoms with Crippen LogP contribution in [-0.4, -0.2) is 24.1 Å². The second kappa shape index (κ2) is 6.65. The zero-order chi connectivity index (χ0) is 12.8. The number of aryl methyl sites for hydroxylation is 2. The molecule has 0 aliphatic carbocycles. The van der Waals surface area contributed by atoms with Crippen molar-refractivity contribution in [2.45, 2.75) is 46.1 Å². The van der Waals surface area contributed by atoms with Crippen molar-refractivity contribution in [1.82, 2.24) is 4.90 Å². The normalized spacial score (nSPS) is 11.1. The summed E-state index contributed by atoms with van der Waals surface area (Å²) in [7, 11) is 4.15. The molecule has 0 spiro atoms. The van der Waals surface area contributed by atoms with Crippen LogP contribution in [0.4, 0.5) is 0 Å². The second-order valence-corrected chi connectivity index (χ2v) is 5.00. The summed E-state index contributed by atoms with van der Waals surface area (Å²) in [5, 5.41) is 10.2. The first kappa shape index (κ1) is 14.0. The molecule has 0 aliphatic rings. The highest BCUT2D eigenvalue weighted by molar-refractivity contribution is 5.44. The van der Waals surface area contributed by atoms with Gasteiger partial charge in [0.15, 0.2) is 0 Å². The molecule has 96 valence electrons. The molecular weight excluding hydrogens is 210 g/mol. The van der Waals surface area contributed by atoms with Crippen LogP contribution >= 0.6 is 0 Å². The third-order valence-electron chi connectivity index (χ3n) is 2.87. The molecule has 0 atom stereocenters. The van der Waals surface area contributed by atoms with Gasteiger partial charge < -0.3 is 10.0 Å². The average molecular weight is 235 g/mol. The van der Waals surface area contributed by atoms with E-state index in [2.05, 4.69) is 45.0 Å². The van der Waals surface area contributed by atoms with E-state index in [4.69, 9.17) is 0 Å². The Bertz CT molecular complexity index is 331. The number of nitrogens with zero attached hydrogens (tertiary/aromatic N) is 1. The topological polar surface area (TPSA) is 23.5 Å². The SMILES string of the molecule is CCCc1cc(CN(C)C)cc(CCC)c1O. The Morgan fingerprint density at radius 3 is 1.82 bits per heavy atom. The van der Waals surface area contributed by atoms with Crippen molar-refractivity contribution in [3.63, 3.8) is 0 Å². The van der Waals surface area contributed by atoms with E-state index >= 15 is 0 Å². The highest BCUT2D eigenvalue weighted by atomic mass is 16.3. The molecule has 0 amide bonds. The van der Waals surface area contributed by atoms with Gasteiger partial charge in [-0.2, -0.15) is 0 Å². The number of phenolic OH excluding ortho intramolecular Hbond substituents is 1. The Hall–Kier alpha value is -1.02. The molecule has 2 heteroatoms. The summed E-state index contributed by atoms with van der Waals surface area (Å²) in [4.78, 5) is 2.16. The van der Waals surface area contributed by atoms with Crippen molar-refractivity contribution in [2.75, 3.05) is 14.1 Å². The lowest BCUT2D eigenvalue weighted by Gasteiger charge is -2.15. The van der Waals surface area contributed by atoms with Crippen LogP contribution in [-0.2, 0) is 19.4 Å². The van der Waals surface area contributed by atoms with Crippen molar-refractivity contribution in [1.29, 1.82) is 0 Å². The van der Waals surface area contributed by atoms with Gasteiger partial charge in [0, 0.05) is 6.54 Å². The zero-order valence-electron chi connectivity index (χ0n) is 11.6. The molecule has 17 heavy (non-hydrogen) atoms. The van der Waals surface area contributed by atoms with Crippen LogP contribution in [0.15, 0.2) is 12.1 Å². The predicted molar refractivity (Wildman–Crippen MR) is 73.5 cm³/mol. The Morgan fingerprint density at radius 2 is 1.47 bits per heavy atom. The molecule has 0 bridgehead atoms. The van der Waals surface area contributed by atoms with E-state index in [1.54, 1.807) is 0 Å². The van der Waals surface area contributed by atoms with Gasteiger partial charge in [-0.3, -0.25) is 0 Å². The van der Waals surface area contributed by atoms with Gasteiger partial charge in [0.1, 0.15) is 5.75 Å². The zero-order valence-corrected chi connectivity index (χ0v) is 11.6. The monoisotopic (exact) mass is 235 g/mol. The fourth-order valence-corrected chi connectivity index (χ4v) is 2.21. The maximum absolute atomic E-state index is 10.2. The first-order chi connectivity index (χ1) is 8.08. The van der Waals surface area contributed by atoms with Gasteiger partial charge in [0.2, 0.25) is 0 Å². The van der Waals surface area contributed by atoms with Gasteiger partial charge in [0.05, 0.1) is 0 Å². The van der Waals surface area contributed by atoms with Crippen LogP contribution in [0, 0.1) is 0 Å². The first-order valence-electron chi connectivity index (χ1n) is 6.56. The van der Waals surface area contributed by atoms with Gasteiger partial charge >= 0.3 is 0 Å². The van der Waals surface area contributed by atoms with Crippen LogP contribution in [0.1, 0.15) is 43.4 Å². The van der Waals surface area contributed by atoms with Gasteiger partial charge in [-0.15, -0.1) is 0 Å². The van der Waals surface area contributed by atoms with Crippen molar-refractivity contribution in [2.24, 2.45) is 0 Å². The van der Waals surface area contributed by atoms with Crippen molar-refractivity contribution < 1.29 is 5.11 Å². The maximum Gasteiger partial charge on any atom is 0.121 e. The summed E-state index contributed by atoms with van der Waals surface area (Å²) in [6.45, 7) is 5.24. The van der Waals surface area contributed by atoms with Crippen molar-refractivity contribution in [3.8, 4) is 5.75 Å². The minimum atomic E-state index is 0.524. The molecule has 1 aromatic rings. The second-order valence-electron chi connectivity index (χ2n) is 5.00. The number of hydrogen-bond acceptors (Lipinski definition) is 2. The largest absolute Gasteiger partial charge is 0.507 e. The Labute approximate surface area is 105 Å². The molecule has 0 radical (unpaired) electrons. The average Bonchev–Trinajstić information content (AvgIpc) is 2.24. The fraction of sp³-hybridized carbons (Fsp3) is 0.600. The summed E-state index contributed by atoms with van der Waals surface area (Å²) in [6.07, 6.45) is 4.07. The highest BCUT2D eigenvalue weighted by Gasteiger charge is 2.09. The molecule has 1 aromatic carbocycles. The lowest BCUT2D eigenvalue weighted by atomic mass is 9.98. The molecule has 2 nitrogen and oxygen atoms in total. The van der Waals surface area contributed by atoms with Crippen LogP contribution in [0.2, 0.25) is 0 Å². The van der Waals surface area contributed by atoms with Crippen LogP contribution in [0.25, 0.3) is 0 Å².